The quantitative estimate of drug-likeness (QED) is 0.904. The number of nitrogens with zero attached hydrogens (tertiary/aromatic N) is 2. The molecule has 0 radical (unpaired) electrons. The molecule has 2 heterocycles. The number of H-pyrrole nitrogens is 1. The van der Waals surface area contributed by atoms with Crippen LogP contribution in [0.25, 0.3) is 0 Å². The number of β-amino-alcohol motifs (C(OH)–C–C–N with tert-alkyl or cyclic N) is 1. The third-order valence-corrected chi connectivity index (χ3v) is 4.08. The Balaban J connectivity index is 1.92. The molecule has 1 aliphatic rings. The first-order valence-electron chi connectivity index (χ1n) is 7.23. The van der Waals surface area contributed by atoms with Gasteiger partial charge in [0.1, 0.15) is 5.75 Å². The van der Waals surface area contributed by atoms with E-state index in [1.165, 1.54) is 6.20 Å². The molecule has 1 amide bonds. The van der Waals surface area contributed by atoms with Crippen molar-refractivity contribution < 1.29 is 14.6 Å². The van der Waals surface area contributed by atoms with E-state index in [9.17, 15) is 9.90 Å². The molecule has 22 heavy (non-hydrogen) atoms. The van der Waals surface area contributed by atoms with Gasteiger partial charge >= 0.3 is 0 Å². The van der Waals surface area contributed by atoms with E-state index >= 15 is 0 Å². The van der Waals surface area contributed by atoms with E-state index in [-0.39, 0.29) is 11.9 Å². The molecule has 2 atom stereocenters. The maximum atomic E-state index is 12.7. The molecule has 3 rings (SSSR count). The van der Waals surface area contributed by atoms with Crippen LogP contribution in [0.4, 0.5) is 0 Å². The number of ether oxygens (including phenoxy) is 1. The smallest absolute Gasteiger partial charge is 0.257 e. The van der Waals surface area contributed by atoms with Crippen LogP contribution in [0.1, 0.15) is 34.1 Å². The van der Waals surface area contributed by atoms with Gasteiger partial charge in [-0.15, -0.1) is 0 Å². The number of carbonyl (C=O) groups excluding carboxylic acids is 1. The second-order valence-corrected chi connectivity index (χ2v) is 5.55. The number of aromatic amines is 1. The summed E-state index contributed by atoms with van der Waals surface area (Å²) in [5.74, 6) is 0.626. The fraction of sp³-hybridized carbons (Fsp3) is 0.375. The Morgan fingerprint density at radius 2 is 2.32 bits per heavy atom. The molecule has 2 aromatic rings. The molecule has 116 valence electrons. The van der Waals surface area contributed by atoms with E-state index in [4.69, 9.17) is 4.74 Å². The van der Waals surface area contributed by atoms with Crippen molar-refractivity contribution in [3.63, 3.8) is 0 Å². The number of hydrogen-bond donors (Lipinski definition) is 2. The number of hydrogen-bond acceptors (Lipinski definition) is 4. The van der Waals surface area contributed by atoms with Gasteiger partial charge in [-0.25, -0.2) is 0 Å². The SMILES string of the molecule is COc1cccc([C@H]2C[C@H](O)CN2C(=O)c2cn[nH]c2C)c1. The maximum Gasteiger partial charge on any atom is 0.257 e. The van der Waals surface area contributed by atoms with Crippen molar-refractivity contribution in [3.05, 3.63) is 47.3 Å². The molecular formula is C16H19N3O3. The van der Waals surface area contributed by atoms with Crippen LogP contribution in [0.5, 0.6) is 5.75 Å². The standard InChI is InChI=1S/C16H19N3O3/c1-10-14(8-17-18-10)16(21)19-9-12(20)7-15(19)11-4-3-5-13(6-11)22-2/h3-6,8,12,15,20H,7,9H2,1-2H3,(H,17,18)/t12-,15+/m0/s1. The van der Waals surface area contributed by atoms with Crippen LogP contribution < -0.4 is 4.74 Å². The number of likely N-dealkylation sites (tertiary alicyclic amines) is 1. The lowest BCUT2D eigenvalue weighted by Gasteiger charge is -2.25. The Kier molecular flexibility index (Phi) is 3.85. The highest BCUT2D eigenvalue weighted by Gasteiger charge is 2.36. The summed E-state index contributed by atoms with van der Waals surface area (Å²) in [7, 11) is 1.61. The zero-order chi connectivity index (χ0) is 15.7. The Morgan fingerprint density at radius 3 is 3.00 bits per heavy atom. The highest BCUT2D eigenvalue weighted by Crippen LogP contribution is 2.34. The minimum Gasteiger partial charge on any atom is -0.497 e. The molecular weight excluding hydrogens is 282 g/mol. The number of carbonyl (C=O) groups is 1. The molecule has 0 bridgehead atoms. The van der Waals surface area contributed by atoms with Gasteiger partial charge in [0.05, 0.1) is 31.0 Å². The topological polar surface area (TPSA) is 78.5 Å². The van der Waals surface area contributed by atoms with E-state index in [2.05, 4.69) is 10.2 Å². The number of amides is 1. The number of methoxy groups -OCH3 is 1. The van der Waals surface area contributed by atoms with Crippen molar-refractivity contribution in [2.45, 2.75) is 25.5 Å². The third-order valence-electron chi connectivity index (χ3n) is 4.08. The Morgan fingerprint density at radius 1 is 1.50 bits per heavy atom. The molecule has 0 unspecified atom stereocenters. The summed E-state index contributed by atoms with van der Waals surface area (Å²) in [6, 6.07) is 7.46. The van der Waals surface area contributed by atoms with Crippen molar-refractivity contribution in [2.24, 2.45) is 0 Å². The van der Waals surface area contributed by atoms with Gasteiger partial charge in [-0.3, -0.25) is 9.89 Å². The monoisotopic (exact) mass is 301 g/mol. The summed E-state index contributed by atoms with van der Waals surface area (Å²) in [5, 5.41) is 16.7. The van der Waals surface area contributed by atoms with E-state index in [0.717, 1.165) is 17.0 Å². The maximum absolute atomic E-state index is 12.7. The lowest BCUT2D eigenvalue weighted by atomic mass is 10.0. The first-order valence-corrected chi connectivity index (χ1v) is 7.23. The fourth-order valence-corrected chi connectivity index (χ4v) is 2.92. The van der Waals surface area contributed by atoms with Crippen LogP contribution in [0, 0.1) is 6.92 Å². The molecule has 6 heteroatoms. The fourth-order valence-electron chi connectivity index (χ4n) is 2.92. The average Bonchev–Trinajstić information content (AvgIpc) is 3.12. The molecule has 1 fully saturated rings. The second kappa shape index (κ2) is 5.81. The van der Waals surface area contributed by atoms with Crippen LogP contribution >= 0.6 is 0 Å². The highest BCUT2D eigenvalue weighted by atomic mass is 16.5. The number of aliphatic hydroxyl groups excluding tert-OH is 1. The second-order valence-electron chi connectivity index (χ2n) is 5.55. The third kappa shape index (κ3) is 2.57. The van der Waals surface area contributed by atoms with Gasteiger partial charge in [-0.2, -0.15) is 5.10 Å². The summed E-state index contributed by atoms with van der Waals surface area (Å²) in [6.07, 6.45) is 1.54. The predicted octanol–water partition coefficient (Wildman–Crippen LogP) is 1.67. The summed E-state index contributed by atoms with van der Waals surface area (Å²) in [6.45, 7) is 2.14. The normalized spacial score (nSPS) is 21.1. The number of aromatic nitrogens is 2. The van der Waals surface area contributed by atoms with Gasteiger partial charge < -0.3 is 14.7 Å². The summed E-state index contributed by atoms with van der Waals surface area (Å²) >= 11 is 0. The number of benzene rings is 1. The Bertz CT molecular complexity index is 683. The van der Waals surface area contributed by atoms with Crippen LogP contribution in [-0.4, -0.2) is 45.9 Å². The minimum absolute atomic E-state index is 0.115. The highest BCUT2D eigenvalue weighted by molar-refractivity contribution is 5.95. The van der Waals surface area contributed by atoms with Gasteiger partial charge in [-0.05, 0) is 31.0 Å². The van der Waals surface area contributed by atoms with Gasteiger partial charge in [0.15, 0.2) is 0 Å². The van der Waals surface area contributed by atoms with E-state index in [0.29, 0.717) is 18.5 Å². The molecule has 0 saturated carbocycles. The van der Waals surface area contributed by atoms with Crippen LogP contribution in [-0.2, 0) is 0 Å². The Labute approximate surface area is 128 Å². The summed E-state index contributed by atoms with van der Waals surface area (Å²) < 4.78 is 5.25. The largest absolute Gasteiger partial charge is 0.497 e. The lowest BCUT2D eigenvalue weighted by molar-refractivity contribution is 0.0715. The molecule has 1 saturated heterocycles. The molecule has 1 aromatic heterocycles. The van der Waals surface area contributed by atoms with Crippen molar-refractivity contribution in [2.75, 3.05) is 13.7 Å². The Hall–Kier alpha value is -2.34. The van der Waals surface area contributed by atoms with Crippen LogP contribution in [0.3, 0.4) is 0 Å². The van der Waals surface area contributed by atoms with Crippen molar-refractivity contribution >= 4 is 5.91 Å². The zero-order valence-corrected chi connectivity index (χ0v) is 12.6. The number of rotatable bonds is 3. The zero-order valence-electron chi connectivity index (χ0n) is 12.6. The molecule has 0 spiro atoms. The van der Waals surface area contributed by atoms with E-state index < -0.39 is 6.10 Å². The van der Waals surface area contributed by atoms with Gasteiger partial charge in [0, 0.05) is 12.2 Å². The summed E-state index contributed by atoms with van der Waals surface area (Å²) in [4.78, 5) is 14.4. The number of aryl methyl sites for hydroxylation is 1. The lowest BCUT2D eigenvalue weighted by Crippen LogP contribution is -2.32. The van der Waals surface area contributed by atoms with Crippen molar-refractivity contribution in [3.8, 4) is 5.75 Å². The molecule has 0 aliphatic carbocycles. The van der Waals surface area contributed by atoms with Crippen LogP contribution in [0.2, 0.25) is 0 Å². The number of nitrogens with one attached hydrogen (secondary N) is 1. The minimum atomic E-state index is -0.521. The van der Waals surface area contributed by atoms with Crippen LogP contribution in [0.15, 0.2) is 30.5 Å². The first-order chi connectivity index (χ1) is 10.6. The van der Waals surface area contributed by atoms with Crippen molar-refractivity contribution in [1.82, 2.24) is 15.1 Å². The van der Waals surface area contributed by atoms with Gasteiger partial charge in [-0.1, -0.05) is 12.1 Å². The first kappa shape index (κ1) is 14.6. The van der Waals surface area contributed by atoms with Crippen molar-refractivity contribution in [1.29, 1.82) is 0 Å². The molecule has 1 aliphatic heterocycles. The predicted molar refractivity (Wildman–Crippen MR) is 80.7 cm³/mol. The van der Waals surface area contributed by atoms with E-state index in [1.807, 2.05) is 31.2 Å². The molecule has 6 nitrogen and oxygen atoms in total. The molecule has 1 aromatic carbocycles. The average molecular weight is 301 g/mol. The number of aliphatic hydroxyl groups is 1. The summed E-state index contributed by atoms with van der Waals surface area (Å²) in [5.41, 5.74) is 2.24. The van der Waals surface area contributed by atoms with Gasteiger partial charge in [0.25, 0.3) is 5.91 Å². The van der Waals surface area contributed by atoms with Gasteiger partial charge in [0.2, 0.25) is 0 Å². The van der Waals surface area contributed by atoms with E-state index in [1.54, 1.807) is 12.0 Å². The molecule has 2 N–H and O–H groups in total.